The molecule has 0 aromatic heterocycles. The molecule has 0 saturated carbocycles. The molecule has 0 aromatic carbocycles. The number of rotatable bonds is 2. The Morgan fingerprint density at radius 3 is 2.33 bits per heavy atom. The summed E-state index contributed by atoms with van der Waals surface area (Å²) in [7, 11) is 0. The average Bonchev–Trinajstić information content (AvgIpc) is 1.82. The van der Waals surface area contributed by atoms with Crippen LogP contribution in [-0.4, -0.2) is 24.0 Å². The van der Waals surface area contributed by atoms with E-state index in [0.717, 1.165) is 0 Å². The van der Waals surface area contributed by atoms with Crippen molar-refractivity contribution in [1.29, 1.82) is 0 Å². The van der Waals surface area contributed by atoms with Crippen LogP contribution in [0.3, 0.4) is 0 Å². The predicted octanol–water partition coefficient (Wildman–Crippen LogP) is 0.572. The first-order valence-corrected chi connectivity index (χ1v) is 2.74. The fraction of sp³-hybridized carbons (Fsp3) is 0.333. The van der Waals surface area contributed by atoms with E-state index in [1.165, 1.54) is 0 Å². The molecule has 2 nitrogen and oxygen atoms in total. The van der Waals surface area contributed by atoms with Gasteiger partial charge in [0.05, 0.1) is 0 Å². The summed E-state index contributed by atoms with van der Waals surface area (Å²) in [4.78, 5) is 10.2. The Kier molecular flexibility index (Phi) is 3.68. The SMILES string of the molecule is CB=C/C(=C\C)C(=O)O. The van der Waals surface area contributed by atoms with E-state index in [9.17, 15) is 4.79 Å². The Balaban J connectivity index is 4.19. The van der Waals surface area contributed by atoms with E-state index in [0.29, 0.717) is 5.57 Å². The van der Waals surface area contributed by atoms with Crippen LogP contribution in [0, 0.1) is 0 Å². The van der Waals surface area contributed by atoms with Crippen molar-refractivity contribution in [3.05, 3.63) is 11.6 Å². The van der Waals surface area contributed by atoms with Crippen LogP contribution < -0.4 is 0 Å². The zero-order valence-electron chi connectivity index (χ0n) is 5.59. The summed E-state index contributed by atoms with van der Waals surface area (Å²) in [6.45, 7) is 5.18. The average molecular weight is 124 g/mol. The van der Waals surface area contributed by atoms with Crippen LogP contribution in [0.2, 0.25) is 6.82 Å². The van der Waals surface area contributed by atoms with Gasteiger partial charge in [-0.15, -0.1) is 0 Å². The van der Waals surface area contributed by atoms with E-state index in [2.05, 4.69) is 0 Å². The Bertz CT molecular complexity index is 158. The van der Waals surface area contributed by atoms with Crippen LogP contribution in [0.4, 0.5) is 0 Å². The van der Waals surface area contributed by atoms with Crippen LogP contribution in [0.1, 0.15) is 6.92 Å². The number of hydrogen-bond donors (Lipinski definition) is 1. The Labute approximate surface area is 55.1 Å². The van der Waals surface area contributed by atoms with Gasteiger partial charge in [0, 0.05) is 0 Å². The molecule has 1 N–H and O–H groups in total. The molecule has 0 aliphatic rings. The van der Waals surface area contributed by atoms with Crippen molar-refractivity contribution in [3.8, 4) is 0 Å². The van der Waals surface area contributed by atoms with Gasteiger partial charge >= 0.3 is 54.2 Å². The van der Waals surface area contributed by atoms with Crippen molar-refractivity contribution in [2.75, 3.05) is 0 Å². The molecule has 0 spiro atoms. The summed E-state index contributed by atoms with van der Waals surface area (Å²) in [6.07, 6.45) is 1.56. The maximum atomic E-state index is 10.2. The summed E-state index contributed by atoms with van der Waals surface area (Å²) in [6, 6.07) is 0. The molecule has 0 aliphatic carbocycles. The number of carbonyl (C=O) groups is 1. The van der Waals surface area contributed by atoms with Crippen LogP contribution >= 0.6 is 0 Å². The second kappa shape index (κ2) is 4.07. The Morgan fingerprint density at radius 2 is 2.22 bits per heavy atom. The third-order valence-corrected chi connectivity index (χ3v) is 0.904. The van der Waals surface area contributed by atoms with Crippen molar-refractivity contribution in [1.82, 2.24) is 0 Å². The molecular weight excluding hydrogens is 115 g/mol. The number of aliphatic carboxylic acids is 1. The molecule has 0 bridgehead atoms. The van der Waals surface area contributed by atoms with Gasteiger partial charge in [-0.25, -0.2) is 0 Å². The normalized spacial score (nSPS) is 11.6. The van der Waals surface area contributed by atoms with Crippen molar-refractivity contribution >= 4 is 18.9 Å². The van der Waals surface area contributed by atoms with Crippen LogP contribution in [0.5, 0.6) is 0 Å². The molecule has 0 fully saturated rings. The molecule has 0 rings (SSSR count). The fourth-order valence-corrected chi connectivity index (χ4v) is 0.471. The number of carboxylic acids is 1. The minimum atomic E-state index is -0.879. The quantitative estimate of drug-likeness (QED) is 0.431. The van der Waals surface area contributed by atoms with E-state index in [4.69, 9.17) is 5.11 Å². The van der Waals surface area contributed by atoms with E-state index >= 15 is 0 Å². The van der Waals surface area contributed by atoms with E-state index in [1.54, 1.807) is 32.7 Å². The van der Waals surface area contributed by atoms with Gasteiger partial charge in [-0.05, 0) is 0 Å². The molecule has 3 heteroatoms. The van der Waals surface area contributed by atoms with Gasteiger partial charge in [0.1, 0.15) is 0 Å². The third-order valence-electron chi connectivity index (χ3n) is 0.904. The van der Waals surface area contributed by atoms with Crippen molar-refractivity contribution in [2.24, 2.45) is 0 Å². The van der Waals surface area contributed by atoms with Crippen LogP contribution in [-0.2, 0) is 4.79 Å². The van der Waals surface area contributed by atoms with Gasteiger partial charge in [0.15, 0.2) is 0 Å². The number of allylic oxidation sites excluding steroid dienone is 1. The second-order valence-electron chi connectivity index (χ2n) is 1.55. The van der Waals surface area contributed by atoms with Crippen LogP contribution in [0.25, 0.3) is 0 Å². The van der Waals surface area contributed by atoms with E-state index in [-0.39, 0.29) is 0 Å². The number of carboxylic acid groups (broad SMARTS) is 1. The monoisotopic (exact) mass is 124 g/mol. The zero-order chi connectivity index (χ0) is 7.28. The standard InChI is InChI=1S/C6H9BO2/c1-3-5(4-7-2)6(8)9/h3-4H,1-2H3,(H,8,9)/b5-3+. The van der Waals surface area contributed by atoms with E-state index < -0.39 is 5.97 Å². The van der Waals surface area contributed by atoms with Gasteiger partial charge < -0.3 is 0 Å². The van der Waals surface area contributed by atoms with Gasteiger partial charge in [-0.3, -0.25) is 0 Å². The maximum absolute atomic E-state index is 10.2. The molecule has 0 aromatic rings. The second-order valence-corrected chi connectivity index (χ2v) is 1.55. The number of hydrogen-bond acceptors (Lipinski definition) is 1. The minimum absolute atomic E-state index is 0.331. The van der Waals surface area contributed by atoms with Gasteiger partial charge in [0.2, 0.25) is 0 Å². The molecule has 9 heavy (non-hydrogen) atoms. The topological polar surface area (TPSA) is 37.3 Å². The van der Waals surface area contributed by atoms with Crippen molar-refractivity contribution in [3.63, 3.8) is 0 Å². The first kappa shape index (κ1) is 8.14. The zero-order valence-corrected chi connectivity index (χ0v) is 5.59. The fourth-order valence-electron chi connectivity index (χ4n) is 0.471. The summed E-state index contributed by atoms with van der Waals surface area (Å²) in [5, 5.41) is 8.38. The van der Waals surface area contributed by atoms with Crippen molar-refractivity contribution in [2.45, 2.75) is 13.7 Å². The molecule has 0 amide bonds. The molecule has 0 heterocycles. The van der Waals surface area contributed by atoms with Gasteiger partial charge in [-0.2, -0.15) is 0 Å². The van der Waals surface area contributed by atoms with E-state index in [1.807, 2.05) is 0 Å². The molecule has 0 saturated heterocycles. The van der Waals surface area contributed by atoms with Gasteiger partial charge in [0.25, 0.3) is 0 Å². The predicted molar refractivity (Wildman–Crippen MR) is 39.1 cm³/mol. The Hall–Kier alpha value is -0.855. The van der Waals surface area contributed by atoms with Gasteiger partial charge in [-0.1, -0.05) is 0 Å². The molecule has 48 valence electrons. The molecule has 0 unspecified atom stereocenters. The van der Waals surface area contributed by atoms with Crippen molar-refractivity contribution < 1.29 is 9.90 Å². The summed E-state index contributed by atoms with van der Waals surface area (Å²) < 4.78 is 0. The molecular formula is C6H9BO2. The summed E-state index contributed by atoms with van der Waals surface area (Å²) in [5.74, 6) is 0.679. The summed E-state index contributed by atoms with van der Waals surface area (Å²) >= 11 is 0. The van der Waals surface area contributed by atoms with Crippen LogP contribution in [0.15, 0.2) is 11.6 Å². The third kappa shape index (κ3) is 2.85. The molecule has 0 aliphatic heterocycles. The molecule has 0 atom stereocenters. The first-order chi connectivity index (χ1) is 4.22. The Morgan fingerprint density at radius 1 is 1.67 bits per heavy atom. The summed E-state index contributed by atoms with van der Waals surface area (Å²) in [5.41, 5.74) is 0.331. The molecule has 0 radical (unpaired) electrons. The first-order valence-electron chi connectivity index (χ1n) is 2.74.